The van der Waals surface area contributed by atoms with E-state index >= 15 is 0 Å². The predicted octanol–water partition coefficient (Wildman–Crippen LogP) is 5.83. The van der Waals surface area contributed by atoms with E-state index in [2.05, 4.69) is 4.74 Å². The van der Waals surface area contributed by atoms with Gasteiger partial charge in [0, 0.05) is 22.7 Å². The molecule has 0 bridgehead atoms. The summed E-state index contributed by atoms with van der Waals surface area (Å²) in [5, 5.41) is 10.2. The number of phenolic OH excluding ortho intramolecular Hbond substituents is 1. The van der Waals surface area contributed by atoms with Gasteiger partial charge in [-0.15, -0.1) is 13.2 Å². The molecule has 182 valence electrons. The van der Waals surface area contributed by atoms with Crippen molar-refractivity contribution < 1.29 is 41.7 Å². The van der Waals surface area contributed by atoms with Gasteiger partial charge >= 0.3 is 12.3 Å². The molecule has 34 heavy (non-hydrogen) atoms. The van der Waals surface area contributed by atoms with E-state index in [0.29, 0.717) is 11.3 Å². The number of esters is 1. The second kappa shape index (κ2) is 8.66. The number of carbonyl (C=O) groups is 2. The number of benzene rings is 2. The maximum atomic E-state index is 14.2. The summed E-state index contributed by atoms with van der Waals surface area (Å²) >= 11 is 0. The van der Waals surface area contributed by atoms with Gasteiger partial charge in [0.1, 0.15) is 11.4 Å². The molecule has 0 saturated carbocycles. The Bertz CT molecular complexity index is 1250. The molecule has 10 heteroatoms. The molecule has 0 radical (unpaired) electrons. The summed E-state index contributed by atoms with van der Waals surface area (Å²) in [7, 11) is 0. The number of rotatable bonds is 4. The highest BCUT2D eigenvalue weighted by molar-refractivity contribution is 6.05. The van der Waals surface area contributed by atoms with Gasteiger partial charge in [0.05, 0.1) is 11.4 Å². The summed E-state index contributed by atoms with van der Waals surface area (Å²) < 4.78 is 61.9. The van der Waals surface area contributed by atoms with E-state index in [4.69, 9.17) is 4.74 Å². The zero-order valence-corrected chi connectivity index (χ0v) is 19.1. The highest BCUT2D eigenvalue weighted by Gasteiger charge is 2.32. The first-order valence-electron chi connectivity index (χ1n) is 10.3. The Kier molecular flexibility index (Phi) is 6.38. The smallest absolute Gasteiger partial charge is 0.505 e. The van der Waals surface area contributed by atoms with Gasteiger partial charge in [0.15, 0.2) is 11.6 Å². The summed E-state index contributed by atoms with van der Waals surface area (Å²) in [6.07, 6.45) is -4.88. The minimum Gasteiger partial charge on any atom is -0.505 e. The van der Waals surface area contributed by atoms with Gasteiger partial charge in [-0.1, -0.05) is 0 Å². The van der Waals surface area contributed by atoms with Crippen molar-refractivity contribution in [3.8, 4) is 11.5 Å². The van der Waals surface area contributed by atoms with Crippen LogP contribution >= 0.6 is 0 Å². The molecule has 1 N–H and O–H groups in total. The Hall–Kier alpha value is -3.56. The molecule has 6 nitrogen and oxygen atoms in total. The lowest BCUT2D eigenvalue weighted by Crippen LogP contribution is -2.27. The average molecular weight is 481 g/mol. The van der Waals surface area contributed by atoms with Gasteiger partial charge in [-0.2, -0.15) is 0 Å². The number of halogens is 4. The van der Waals surface area contributed by atoms with Crippen LogP contribution in [0.4, 0.5) is 17.6 Å². The fraction of sp³-hybridized carbons (Fsp3) is 0.333. The molecule has 3 rings (SSSR count). The first-order valence-corrected chi connectivity index (χ1v) is 10.3. The van der Waals surface area contributed by atoms with Crippen LogP contribution in [0.5, 0.6) is 11.5 Å². The fourth-order valence-electron chi connectivity index (χ4n) is 3.69. The highest BCUT2D eigenvalue weighted by Crippen LogP contribution is 2.37. The van der Waals surface area contributed by atoms with Crippen LogP contribution in [0.25, 0.3) is 10.9 Å². The van der Waals surface area contributed by atoms with Gasteiger partial charge in [0.2, 0.25) is 0 Å². The van der Waals surface area contributed by atoms with Gasteiger partial charge in [0.25, 0.3) is 5.91 Å². The van der Waals surface area contributed by atoms with E-state index in [9.17, 15) is 32.3 Å². The monoisotopic (exact) mass is 481 g/mol. The standard InChI is InChI=1S/C24H23F4NO5/c1-12(22(32)34-23(3,4)5)20-13(2)29(18-11-17(25)19(30)10-16(18)20)21(31)14-6-8-15(9-7-14)33-24(26,27)28/h6-12,30H,1-5H3. The first kappa shape index (κ1) is 25.1. The molecule has 0 aliphatic heterocycles. The van der Waals surface area contributed by atoms with Crippen molar-refractivity contribution in [2.24, 2.45) is 0 Å². The molecule has 0 fully saturated rings. The van der Waals surface area contributed by atoms with E-state index in [0.717, 1.165) is 41.0 Å². The van der Waals surface area contributed by atoms with Crippen molar-refractivity contribution in [2.45, 2.75) is 52.5 Å². The Labute approximate surface area is 192 Å². The number of aromatic nitrogens is 1. The largest absolute Gasteiger partial charge is 0.573 e. The molecule has 1 atom stereocenters. The second-order valence-corrected chi connectivity index (χ2v) is 8.79. The molecule has 2 aromatic carbocycles. The summed E-state index contributed by atoms with van der Waals surface area (Å²) in [5.74, 6) is -4.28. The van der Waals surface area contributed by atoms with Crippen LogP contribution in [0.2, 0.25) is 0 Å². The van der Waals surface area contributed by atoms with Gasteiger partial charge in [-0.25, -0.2) is 4.39 Å². The minimum atomic E-state index is -4.88. The fourth-order valence-corrected chi connectivity index (χ4v) is 3.69. The molecular weight excluding hydrogens is 458 g/mol. The normalized spacial score (nSPS) is 13.1. The van der Waals surface area contributed by atoms with Crippen LogP contribution < -0.4 is 4.74 Å². The van der Waals surface area contributed by atoms with Crippen LogP contribution in [0, 0.1) is 12.7 Å². The van der Waals surface area contributed by atoms with Crippen LogP contribution in [0.1, 0.15) is 55.2 Å². The molecule has 1 unspecified atom stereocenters. The molecule has 1 heterocycles. The maximum Gasteiger partial charge on any atom is 0.573 e. The Morgan fingerprint density at radius 2 is 1.65 bits per heavy atom. The number of ether oxygens (including phenoxy) is 2. The lowest BCUT2D eigenvalue weighted by atomic mass is 9.97. The number of aromatic hydroxyl groups is 1. The topological polar surface area (TPSA) is 77.8 Å². The van der Waals surface area contributed by atoms with E-state index in [1.807, 2.05) is 0 Å². The number of phenols is 1. The molecule has 0 saturated heterocycles. The lowest BCUT2D eigenvalue weighted by Gasteiger charge is -2.22. The maximum absolute atomic E-state index is 14.2. The van der Waals surface area contributed by atoms with Crippen molar-refractivity contribution in [1.29, 1.82) is 0 Å². The van der Waals surface area contributed by atoms with Crippen LogP contribution in [0.15, 0.2) is 36.4 Å². The Balaban J connectivity index is 2.13. The predicted molar refractivity (Wildman–Crippen MR) is 115 cm³/mol. The minimum absolute atomic E-state index is 0.000483. The summed E-state index contributed by atoms with van der Waals surface area (Å²) in [6.45, 7) is 8.21. The Morgan fingerprint density at radius 1 is 1.06 bits per heavy atom. The van der Waals surface area contributed by atoms with Crippen molar-refractivity contribution >= 4 is 22.8 Å². The zero-order chi connectivity index (χ0) is 25.6. The van der Waals surface area contributed by atoms with Crippen molar-refractivity contribution in [3.05, 3.63) is 59.0 Å². The molecular formula is C24H23F4NO5. The lowest BCUT2D eigenvalue weighted by molar-refractivity contribution is -0.274. The number of nitrogens with zero attached hydrogens (tertiary/aromatic N) is 1. The van der Waals surface area contributed by atoms with Crippen LogP contribution in [-0.4, -0.2) is 33.5 Å². The summed E-state index contributed by atoms with van der Waals surface area (Å²) in [4.78, 5) is 26.1. The first-order chi connectivity index (χ1) is 15.6. The summed E-state index contributed by atoms with van der Waals surface area (Å²) in [6, 6.07) is 6.33. The van der Waals surface area contributed by atoms with Crippen LogP contribution in [0.3, 0.4) is 0 Å². The SMILES string of the molecule is Cc1c(C(C)C(=O)OC(C)(C)C)c2cc(O)c(F)cc2n1C(=O)c1ccc(OC(F)(F)F)cc1. The number of fused-ring (bicyclic) bond motifs is 1. The third-order valence-corrected chi connectivity index (χ3v) is 5.05. The molecule has 3 aromatic rings. The number of alkyl halides is 3. The molecule has 0 aliphatic carbocycles. The molecule has 0 spiro atoms. The van der Waals surface area contributed by atoms with E-state index in [1.54, 1.807) is 34.6 Å². The molecule has 0 aliphatic rings. The van der Waals surface area contributed by atoms with E-state index in [1.165, 1.54) is 0 Å². The van der Waals surface area contributed by atoms with Crippen molar-refractivity contribution in [1.82, 2.24) is 4.57 Å². The van der Waals surface area contributed by atoms with Gasteiger partial charge < -0.3 is 14.6 Å². The van der Waals surface area contributed by atoms with Gasteiger partial charge in [-0.3, -0.25) is 14.2 Å². The number of hydrogen-bond donors (Lipinski definition) is 1. The average Bonchev–Trinajstić information content (AvgIpc) is 2.96. The summed E-state index contributed by atoms with van der Waals surface area (Å²) in [5.41, 5.74) is -0.0516. The number of carbonyl (C=O) groups excluding carboxylic acids is 2. The Morgan fingerprint density at radius 3 is 2.18 bits per heavy atom. The quantitative estimate of drug-likeness (QED) is 0.375. The highest BCUT2D eigenvalue weighted by atomic mass is 19.4. The van der Waals surface area contributed by atoms with Crippen LogP contribution in [-0.2, 0) is 9.53 Å². The van der Waals surface area contributed by atoms with E-state index < -0.39 is 47.1 Å². The molecule has 1 aromatic heterocycles. The van der Waals surface area contributed by atoms with Crippen molar-refractivity contribution in [3.63, 3.8) is 0 Å². The zero-order valence-electron chi connectivity index (χ0n) is 19.1. The third kappa shape index (κ3) is 5.16. The second-order valence-electron chi connectivity index (χ2n) is 8.79. The van der Waals surface area contributed by atoms with E-state index in [-0.39, 0.29) is 16.5 Å². The van der Waals surface area contributed by atoms with Gasteiger partial charge in [-0.05, 0) is 70.5 Å². The third-order valence-electron chi connectivity index (χ3n) is 5.05. The number of hydrogen-bond acceptors (Lipinski definition) is 5. The molecule has 0 amide bonds. The van der Waals surface area contributed by atoms with Crippen molar-refractivity contribution in [2.75, 3.05) is 0 Å².